The zero-order valence-electron chi connectivity index (χ0n) is 24.7. The highest BCUT2D eigenvalue weighted by Crippen LogP contribution is 2.41. The second-order valence-electron chi connectivity index (χ2n) is 10.6. The van der Waals surface area contributed by atoms with Crippen molar-refractivity contribution in [3.05, 3.63) is 66.0 Å². The summed E-state index contributed by atoms with van der Waals surface area (Å²) >= 11 is 3.92. The van der Waals surface area contributed by atoms with Crippen LogP contribution in [-0.4, -0.2) is 90.7 Å². The molecule has 2 aromatic carbocycles. The maximum Gasteiger partial charge on any atom is 0.203 e. The minimum absolute atomic E-state index is 0.692. The van der Waals surface area contributed by atoms with Crippen LogP contribution in [0.4, 0.5) is 11.4 Å². The van der Waals surface area contributed by atoms with Crippen LogP contribution in [0.15, 0.2) is 65.1 Å². The lowest BCUT2D eigenvalue weighted by atomic mass is 9.93. The molecule has 0 radical (unpaired) electrons. The molecule has 0 saturated carbocycles. The average molecular weight is 593 g/mol. The lowest BCUT2D eigenvalue weighted by Gasteiger charge is -2.25. The number of fused-ring (bicyclic) bond motifs is 2. The Morgan fingerprint density at radius 1 is 0.756 bits per heavy atom. The molecule has 0 aromatic heterocycles. The van der Waals surface area contributed by atoms with Gasteiger partial charge >= 0.3 is 0 Å². The highest BCUT2D eigenvalue weighted by Gasteiger charge is 2.19. The molecule has 0 amide bonds. The Hall–Kier alpha value is -2.65. The van der Waals surface area contributed by atoms with E-state index in [0.717, 1.165) is 82.7 Å². The molecular weight excluding hydrogens is 551 g/mol. The number of hydrogen-bond donors (Lipinski definition) is 0. The van der Waals surface area contributed by atoms with Crippen LogP contribution in [0.25, 0.3) is 33.4 Å². The molecule has 0 N–H and O–H groups in total. The fourth-order valence-corrected chi connectivity index (χ4v) is 6.63. The number of thioether (sulfide) groups is 2. The molecule has 1 saturated heterocycles. The number of ether oxygens (including phenoxy) is 2. The fourth-order valence-electron chi connectivity index (χ4n) is 5.06. The molecule has 2 aromatic rings. The Morgan fingerprint density at radius 2 is 1.44 bits per heavy atom. The summed E-state index contributed by atoms with van der Waals surface area (Å²) in [5.74, 6) is 5.11. The molecule has 2 aliphatic heterocycles. The van der Waals surface area contributed by atoms with Crippen LogP contribution in [0.5, 0.6) is 0 Å². The van der Waals surface area contributed by atoms with Crippen LogP contribution < -0.4 is 19.7 Å². The molecule has 0 atom stereocenters. The summed E-state index contributed by atoms with van der Waals surface area (Å²) in [7, 11) is 8.25. The largest absolute Gasteiger partial charge is 0.456 e. The Bertz CT molecular complexity index is 1450. The van der Waals surface area contributed by atoms with Crippen LogP contribution in [0.2, 0.25) is 0 Å². The van der Waals surface area contributed by atoms with Gasteiger partial charge in [0.15, 0.2) is 0 Å². The number of anilines is 2. The summed E-state index contributed by atoms with van der Waals surface area (Å²) < 4.78 is 20.0. The molecule has 0 bridgehead atoms. The van der Waals surface area contributed by atoms with E-state index in [2.05, 4.69) is 103 Å². The maximum atomic E-state index is 6.52. The standard InChI is InChI=1S/C33H42N3O3S2/c1-34(2)27-9-11-29-31(23-27)39-32-24-28(35(3)4)10-12-30(32)33(29)25-5-7-26(8-6-25)36-13-19-40-21-17-37-15-16-38-18-22-41-20-14-36/h5-12,23-24H,13-22H2,1-4H3/q+1. The molecule has 1 aliphatic carbocycles. The zero-order chi connectivity index (χ0) is 28.6. The van der Waals surface area contributed by atoms with Gasteiger partial charge in [0.1, 0.15) is 25.4 Å². The van der Waals surface area contributed by atoms with Crippen LogP contribution in [0.1, 0.15) is 0 Å². The first-order valence-electron chi connectivity index (χ1n) is 14.4. The lowest BCUT2D eigenvalue weighted by molar-refractivity contribution is 0.0605. The highest BCUT2D eigenvalue weighted by molar-refractivity contribution is 7.99. The second-order valence-corrected chi connectivity index (χ2v) is 13.1. The zero-order valence-corrected chi connectivity index (χ0v) is 26.4. The number of rotatable bonds is 3. The van der Waals surface area contributed by atoms with Crippen molar-refractivity contribution in [2.75, 3.05) is 101 Å². The monoisotopic (exact) mass is 592 g/mol. The summed E-state index contributed by atoms with van der Waals surface area (Å²) in [6.07, 6.45) is 0. The quantitative estimate of drug-likeness (QED) is 0.226. The predicted octanol–water partition coefficient (Wildman–Crippen LogP) is 5.62. The van der Waals surface area contributed by atoms with Crippen molar-refractivity contribution in [3.63, 3.8) is 0 Å². The Labute approximate surface area is 252 Å². The molecule has 218 valence electrons. The average Bonchev–Trinajstić information content (AvgIpc) is 2.99. The number of nitrogens with zero attached hydrogens (tertiary/aromatic N) is 3. The summed E-state index contributed by atoms with van der Waals surface area (Å²) in [6.45, 7) is 5.01. The van der Waals surface area contributed by atoms with Gasteiger partial charge in [-0.05, 0) is 35.9 Å². The van der Waals surface area contributed by atoms with Crippen molar-refractivity contribution in [3.8, 4) is 22.5 Å². The topological polar surface area (TPSA) is 41.1 Å². The van der Waals surface area contributed by atoms with E-state index in [4.69, 9.17) is 13.9 Å². The second kappa shape index (κ2) is 14.5. The molecule has 41 heavy (non-hydrogen) atoms. The Morgan fingerprint density at radius 3 is 2.07 bits per heavy atom. The van der Waals surface area contributed by atoms with Gasteiger partial charge in [0, 0.05) is 90.2 Å². The van der Waals surface area contributed by atoms with Gasteiger partial charge in [-0.25, -0.2) is 4.58 Å². The predicted molar refractivity (Wildman–Crippen MR) is 178 cm³/mol. The summed E-state index contributed by atoms with van der Waals surface area (Å²) in [4.78, 5) is 4.64. The van der Waals surface area contributed by atoms with E-state index in [1.165, 1.54) is 16.8 Å². The Balaban J connectivity index is 1.48. The van der Waals surface area contributed by atoms with Crippen molar-refractivity contribution in [2.45, 2.75) is 0 Å². The van der Waals surface area contributed by atoms with Gasteiger partial charge in [-0.15, -0.1) is 0 Å². The molecular formula is C33H42N3O3S2+. The lowest BCUT2D eigenvalue weighted by Crippen LogP contribution is -2.28. The molecule has 6 nitrogen and oxygen atoms in total. The van der Waals surface area contributed by atoms with Crippen molar-refractivity contribution in [1.29, 1.82) is 0 Å². The first kappa shape index (κ1) is 29.8. The van der Waals surface area contributed by atoms with E-state index in [1.807, 2.05) is 23.5 Å². The first-order valence-corrected chi connectivity index (χ1v) is 16.7. The summed E-state index contributed by atoms with van der Waals surface area (Å²) in [5.41, 5.74) is 6.83. The van der Waals surface area contributed by atoms with Crippen LogP contribution >= 0.6 is 23.5 Å². The molecule has 5 rings (SSSR count). The van der Waals surface area contributed by atoms with Crippen LogP contribution in [-0.2, 0) is 9.47 Å². The Kier molecular flexibility index (Phi) is 10.5. The first-order chi connectivity index (χ1) is 20.0. The van der Waals surface area contributed by atoms with E-state index < -0.39 is 0 Å². The highest BCUT2D eigenvalue weighted by atomic mass is 32.2. The van der Waals surface area contributed by atoms with Crippen LogP contribution in [0, 0.1) is 0 Å². The minimum Gasteiger partial charge on any atom is -0.456 e. The number of benzene rings is 3. The maximum absolute atomic E-state index is 6.52. The van der Waals surface area contributed by atoms with E-state index in [1.54, 1.807) is 0 Å². The molecule has 2 heterocycles. The third kappa shape index (κ3) is 7.60. The van der Waals surface area contributed by atoms with E-state index in [9.17, 15) is 0 Å². The van der Waals surface area contributed by atoms with Gasteiger partial charge in [-0.2, -0.15) is 23.5 Å². The number of hydrogen-bond acceptors (Lipinski definition) is 7. The van der Waals surface area contributed by atoms with Crippen LogP contribution in [0.3, 0.4) is 0 Å². The summed E-state index contributed by atoms with van der Waals surface area (Å²) in [6, 6.07) is 22.1. The summed E-state index contributed by atoms with van der Waals surface area (Å²) in [5, 5.41) is 2.25. The van der Waals surface area contributed by atoms with Gasteiger partial charge < -0.3 is 23.7 Å². The SMILES string of the molecule is CN(C)c1ccc2c(-c3ccc(N4CCSCCOCCOCCSCC4)cc3)c3ccc(=[N+](C)C)cc-3oc2c1. The van der Waals surface area contributed by atoms with Crippen molar-refractivity contribution in [1.82, 2.24) is 4.58 Å². The molecule has 8 heteroatoms. The van der Waals surface area contributed by atoms with E-state index >= 15 is 0 Å². The van der Waals surface area contributed by atoms with Gasteiger partial charge in [-0.3, -0.25) is 0 Å². The third-order valence-corrected chi connectivity index (χ3v) is 9.22. The third-order valence-electron chi connectivity index (χ3n) is 7.37. The molecule has 0 unspecified atom stereocenters. The van der Waals surface area contributed by atoms with E-state index in [0.29, 0.717) is 13.2 Å². The van der Waals surface area contributed by atoms with Gasteiger partial charge in [0.25, 0.3) is 0 Å². The molecule has 3 aliphatic rings. The van der Waals surface area contributed by atoms with Crippen molar-refractivity contribution >= 4 is 45.9 Å². The van der Waals surface area contributed by atoms with Crippen molar-refractivity contribution < 1.29 is 13.9 Å². The molecule has 1 fully saturated rings. The van der Waals surface area contributed by atoms with Gasteiger partial charge in [-0.1, -0.05) is 12.1 Å². The smallest absolute Gasteiger partial charge is 0.203 e. The molecule has 0 spiro atoms. The normalized spacial score (nSPS) is 16.3. The van der Waals surface area contributed by atoms with Gasteiger partial charge in [0.2, 0.25) is 5.36 Å². The van der Waals surface area contributed by atoms with Crippen molar-refractivity contribution in [2.24, 2.45) is 0 Å². The van der Waals surface area contributed by atoms with E-state index in [-0.39, 0.29) is 0 Å². The minimum atomic E-state index is 0.692. The fraction of sp³-hybridized carbons (Fsp3) is 0.424. The van der Waals surface area contributed by atoms with Gasteiger partial charge in [0.05, 0.1) is 32.5 Å².